The summed E-state index contributed by atoms with van der Waals surface area (Å²) in [5.74, 6) is -0.410. The van der Waals surface area contributed by atoms with Crippen LogP contribution in [0.5, 0.6) is 11.5 Å². The topological polar surface area (TPSA) is 34.1 Å². The predicted octanol–water partition coefficient (Wildman–Crippen LogP) is 5.87. The van der Waals surface area contributed by atoms with E-state index in [1.807, 2.05) is 30.3 Å². The summed E-state index contributed by atoms with van der Waals surface area (Å²) in [5, 5.41) is 7.19. The summed E-state index contributed by atoms with van der Waals surface area (Å²) < 4.78 is 38.8. The number of hydrogen-bond donors (Lipinski definition) is 0. The van der Waals surface area contributed by atoms with Crippen LogP contribution in [-0.2, 0) is 0 Å². The van der Waals surface area contributed by atoms with Crippen molar-refractivity contribution in [3.63, 3.8) is 0 Å². The molecule has 0 aromatic heterocycles. The second kappa shape index (κ2) is 7.29. The van der Waals surface area contributed by atoms with E-state index < -0.39 is 17.9 Å². The summed E-state index contributed by atoms with van der Waals surface area (Å²) >= 11 is 6.23. The first kappa shape index (κ1) is 18.9. The first-order valence-corrected chi connectivity index (χ1v) is 9.82. The Hall–Kier alpha value is -3.12. The van der Waals surface area contributed by atoms with Crippen molar-refractivity contribution >= 4 is 17.3 Å². The van der Waals surface area contributed by atoms with Gasteiger partial charge in [-0.3, -0.25) is 0 Å². The number of hydrogen-bond acceptors (Lipinski definition) is 4. The Balaban J connectivity index is 1.58. The van der Waals surface area contributed by atoms with E-state index in [1.165, 1.54) is 6.07 Å². The molecule has 0 spiro atoms. The number of hydrazone groups is 1. The molecule has 7 heteroatoms. The maximum Gasteiger partial charge on any atom is 0.213 e. The first-order chi connectivity index (χ1) is 14.5. The van der Waals surface area contributed by atoms with Gasteiger partial charge >= 0.3 is 0 Å². The highest BCUT2D eigenvalue weighted by Crippen LogP contribution is 2.48. The lowest BCUT2D eigenvalue weighted by Gasteiger charge is -2.38. The molecule has 0 fully saturated rings. The van der Waals surface area contributed by atoms with Crippen molar-refractivity contribution in [1.82, 2.24) is 5.01 Å². The molecular weight excluding hydrogens is 410 g/mol. The van der Waals surface area contributed by atoms with Gasteiger partial charge in [0, 0.05) is 22.6 Å². The summed E-state index contributed by atoms with van der Waals surface area (Å²) in [5.41, 5.74) is 3.22. The van der Waals surface area contributed by atoms with Crippen molar-refractivity contribution in [2.45, 2.75) is 18.7 Å². The fraction of sp³-hybridized carbons (Fsp3) is 0.174. The third-order valence-corrected chi connectivity index (χ3v) is 5.64. The summed E-state index contributed by atoms with van der Waals surface area (Å²) in [6.07, 6.45) is -0.0574. The molecule has 0 saturated carbocycles. The summed E-state index contributed by atoms with van der Waals surface area (Å²) in [6, 6.07) is 16.7. The summed E-state index contributed by atoms with van der Waals surface area (Å²) in [7, 11) is 1.62. The molecule has 0 radical (unpaired) electrons. The highest BCUT2D eigenvalue weighted by atomic mass is 35.5. The molecule has 4 nitrogen and oxygen atoms in total. The molecule has 5 rings (SSSR count). The standard InChI is InChI=1S/C23H17ClF2N2O2/c1-29-16-6-2-13(3-7-16)20-12-21-17-11-15(24)5-9-22(17)30-23(28(21)27-20)14-4-8-18(25)19(26)10-14/h2-11,21,23H,12H2,1H3/t21-,23+/m1/s1. The van der Waals surface area contributed by atoms with Crippen LogP contribution in [0.2, 0.25) is 5.02 Å². The van der Waals surface area contributed by atoms with Gasteiger partial charge in [-0.2, -0.15) is 5.10 Å². The molecule has 0 aliphatic carbocycles. The molecule has 30 heavy (non-hydrogen) atoms. The molecule has 0 unspecified atom stereocenters. The van der Waals surface area contributed by atoms with Gasteiger partial charge in [-0.25, -0.2) is 13.8 Å². The van der Waals surface area contributed by atoms with E-state index >= 15 is 0 Å². The Labute approximate surface area is 177 Å². The van der Waals surface area contributed by atoms with Crippen LogP contribution in [0.25, 0.3) is 0 Å². The number of nitrogens with zero attached hydrogens (tertiary/aromatic N) is 2. The molecular formula is C23H17ClF2N2O2. The van der Waals surface area contributed by atoms with E-state index in [2.05, 4.69) is 0 Å². The average Bonchev–Trinajstić information content (AvgIpc) is 3.21. The van der Waals surface area contributed by atoms with Gasteiger partial charge in [0.1, 0.15) is 11.5 Å². The highest BCUT2D eigenvalue weighted by Gasteiger charge is 2.41. The SMILES string of the molecule is COc1ccc(C2=NN3[C@H](C2)c2cc(Cl)ccc2O[C@H]3c2ccc(F)c(F)c2)cc1. The lowest BCUT2D eigenvalue weighted by atomic mass is 9.96. The van der Waals surface area contributed by atoms with Crippen LogP contribution in [0.3, 0.4) is 0 Å². The third kappa shape index (κ3) is 3.17. The van der Waals surface area contributed by atoms with E-state index in [0.29, 0.717) is 22.8 Å². The van der Waals surface area contributed by atoms with Crippen molar-refractivity contribution in [2.24, 2.45) is 5.10 Å². The Morgan fingerprint density at radius 1 is 1.03 bits per heavy atom. The van der Waals surface area contributed by atoms with Crippen LogP contribution in [0, 0.1) is 11.6 Å². The van der Waals surface area contributed by atoms with Crippen molar-refractivity contribution < 1.29 is 18.3 Å². The molecule has 0 bridgehead atoms. The maximum absolute atomic E-state index is 13.9. The molecule has 3 aromatic carbocycles. The Morgan fingerprint density at radius 3 is 2.57 bits per heavy atom. The molecule has 0 amide bonds. The normalized spacial score (nSPS) is 19.6. The van der Waals surface area contributed by atoms with Crippen LogP contribution in [-0.4, -0.2) is 17.8 Å². The second-order valence-electron chi connectivity index (χ2n) is 7.20. The van der Waals surface area contributed by atoms with Gasteiger partial charge in [-0.05, 0) is 60.2 Å². The number of fused-ring (bicyclic) bond motifs is 3. The van der Waals surface area contributed by atoms with Crippen LogP contribution < -0.4 is 9.47 Å². The largest absolute Gasteiger partial charge is 0.497 e. The fourth-order valence-electron chi connectivity index (χ4n) is 3.90. The molecule has 0 N–H and O–H groups in total. The maximum atomic E-state index is 13.9. The first-order valence-electron chi connectivity index (χ1n) is 9.45. The Kier molecular flexibility index (Phi) is 4.59. The lowest BCUT2D eigenvalue weighted by Crippen LogP contribution is -2.33. The van der Waals surface area contributed by atoms with E-state index in [1.54, 1.807) is 24.3 Å². The zero-order chi connectivity index (χ0) is 20.8. The average molecular weight is 427 g/mol. The number of benzene rings is 3. The fourth-order valence-corrected chi connectivity index (χ4v) is 4.08. The zero-order valence-electron chi connectivity index (χ0n) is 16.0. The van der Waals surface area contributed by atoms with Crippen LogP contribution >= 0.6 is 11.6 Å². The highest BCUT2D eigenvalue weighted by molar-refractivity contribution is 6.30. The van der Waals surface area contributed by atoms with Gasteiger partial charge < -0.3 is 9.47 Å². The number of ether oxygens (including phenoxy) is 2. The minimum atomic E-state index is -0.923. The summed E-state index contributed by atoms with van der Waals surface area (Å²) in [4.78, 5) is 0. The quantitative estimate of drug-likeness (QED) is 0.525. The minimum absolute atomic E-state index is 0.136. The minimum Gasteiger partial charge on any atom is -0.497 e. The molecule has 0 saturated heterocycles. The molecule has 2 aliphatic heterocycles. The number of methoxy groups -OCH3 is 1. The van der Waals surface area contributed by atoms with Gasteiger partial charge in [0.25, 0.3) is 0 Å². The Bertz CT molecular complexity index is 1150. The van der Waals surface area contributed by atoms with Gasteiger partial charge in [-0.15, -0.1) is 0 Å². The number of rotatable bonds is 3. The smallest absolute Gasteiger partial charge is 0.213 e. The molecule has 2 atom stereocenters. The van der Waals surface area contributed by atoms with Crippen molar-refractivity contribution in [3.05, 3.63) is 94.0 Å². The van der Waals surface area contributed by atoms with Crippen molar-refractivity contribution in [3.8, 4) is 11.5 Å². The molecule has 3 aromatic rings. The van der Waals surface area contributed by atoms with E-state index in [0.717, 1.165) is 34.7 Å². The molecule has 2 aliphatic rings. The predicted molar refractivity (Wildman–Crippen MR) is 110 cm³/mol. The van der Waals surface area contributed by atoms with Crippen molar-refractivity contribution in [2.75, 3.05) is 7.11 Å². The lowest BCUT2D eigenvalue weighted by molar-refractivity contribution is -0.0192. The second-order valence-corrected chi connectivity index (χ2v) is 7.64. The third-order valence-electron chi connectivity index (χ3n) is 5.40. The van der Waals surface area contributed by atoms with Gasteiger partial charge in [-0.1, -0.05) is 17.7 Å². The summed E-state index contributed by atoms with van der Waals surface area (Å²) in [6.45, 7) is 0. The van der Waals surface area contributed by atoms with Crippen LogP contribution in [0.4, 0.5) is 8.78 Å². The molecule has 152 valence electrons. The monoisotopic (exact) mass is 426 g/mol. The van der Waals surface area contributed by atoms with Gasteiger partial charge in [0.05, 0.1) is 18.9 Å². The van der Waals surface area contributed by atoms with E-state index in [-0.39, 0.29) is 6.04 Å². The van der Waals surface area contributed by atoms with Crippen molar-refractivity contribution in [1.29, 1.82) is 0 Å². The van der Waals surface area contributed by atoms with Crippen LogP contribution in [0.1, 0.15) is 35.4 Å². The molecule has 2 heterocycles. The van der Waals surface area contributed by atoms with Gasteiger partial charge in [0.2, 0.25) is 6.23 Å². The van der Waals surface area contributed by atoms with Gasteiger partial charge in [0.15, 0.2) is 11.6 Å². The van der Waals surface area contributed by atoms with E-state index in [9.17, 15) is 8.78 Å². The zero-order valence-corrected chi connectivity index (χ0v) is 16.7. The van der Waals surface area contributed by atoms with Crippen LogP contribution in [0.15, 0.2) is 65.8 Å². The van der Waals surface area contributed by atoms with E-state index in [4.69, 9.17) is 26.2 Å². The Morgan fingerprint density at radius 2 is 1.83 bits per heavy atom. The number of halogens is 3.